The normalized spacial score (nSPS) is 8.31. The quantitative estimate of drug-likeness (QED) is 0.692. The maximum absolute atomic E-state index is 4.16. The van der Waals surface area contributed by atoms with Gasteiger partial charge in [0.05, 0.1) is 11.4 Å². The van der Waals surface area contributed by atoms with Crippen LogP contribution in [0.15, 0.2) is 31.1 Å². The van der Waals surface area contributed by atoms with Gasteiger partial charge in [0, 0.05) is 13.2 Å². The predicted molar refractivity (Wildman–Crippen MR) is 58.9 cm³/mol. The molecule has 0 unspecified atom stereocenters. The van der Waals surface area contributed by atoms with E-state index < -0.39 is 0 Å². The van der Waals surface area contributed by atoms with Gasteiger partial charge in [0.2, 0.25) is 0 Å². The van der Waals surface area contributed by atoms with Gasteiger partial charge in [-0.25, -0.2) is 0 Å². The molecule has 1 heterocycles. The lowest BCUT2D eigenvalue weighted by molar-refractivity contribution is 1.12. The Labute approximate surface area is 80.9 Å². The minimum atomic E-state index is 1.02. The van der Waals surface area contributed by atoms with Crippen molar-refractivity contribution in [3.05, 3.63) is 36.8 Å². The van der Waals surface area contributed by atoms with E-state index in [-0.39, 0.29) is 0 Å². The fourth-order valence-corrected chi connectivity index (χ4v) is 0.947. The maximum Gasteiger partial charge on any atom is 0.0619 e. The van der Waals surface area contributed by atoms with Gasteiger partial charge in [-0.15, -0.1) is 0 Å². The Balaban J connectivity index is 0.000000671. The molecule has 2 heteroatoms. The number of pyridine rings is 1. The molecular formula is C11H18N2. The van der Waals surface area contributed by atoms with E-state index in [1.54, 1.807) is 12.4 Å². The SMILES string of the molecule is C=CN(C)c1cccnc1C.CC. The van der Waals surface area contributed by atoms with Crippen LogP contribution in [0.25, 0.3) is 0 Å². The third-order valence-electron chi connectivity index (χ3n) is 1.63. The summed E-state index contributed by atoms with van der Waals surface area (Å²) in [5, 5.41) is 0. The van der Waals surface area contributed by atoms with Gasteiger partial charge in [0.15, 0.2) is 0 Å². The van der Waals surface area contributed by atoms with Gasteiger partial charge in [-0.05, 0) is 25.3 Å². The highest BCUT2D eigenvalue weighted by molar-refractivity contribution is 5.50. The maximum atomic E-state index is 4.16. The van der Waals surface area contributed by atoms with Crippen molar-refractivity contribution in [2.75, 3.05) is 11.9 Å². The van der Waals surface area contributed by atoms with Gasteiger partial charge < -0.3 is 4.90 Å². The van der Waals surface area contributed by atoms with E-state index in [9.17, 15) is 0 Å². The Hall–Kier alpha value is -1.31. The van der Waals surface area contributed by atoms with Gasteiger partial charge in [-0.2, -0.15) is 0 Å². The number of hydrogen-bond acceptors (Lipinski definition) is 2. The first-order chi connectivity index (χ1) is 6.25. The smallest absolute Gasteiger partial charge is 0.0619 e. The number of rotatable bonds is 2. The lowest BCUT2D eigenvalue weighted by Gasteiger charge is -2.14. The van der Waals surface area contributed by atoms with Crippen molar-refractivity contribution in [1.29, 1.82) is 0 Å². The number of nitrogens with zero attached hydrogens (tertiary/aromatic N) is 2. The van der Waals surface area contributed by atoms with Crippen LogP contribution in [0.5, 0.6) is 0 Å². The van der Waals surface area contributed by atoms with E-state index in [0.717, 1.165) is 11.4 Å². The topological polar surface area (TPSA) is 16.1 Å². The largest absolute Gasteiger partial charge is 0.350 e. The van der Waals surface area contributed by atoms with Crippen molar-refractivity contribution in [2.45, 2.75) is 20.8 Å². The molecule has 0 spiro atoms. The third kappa shape index (κ3) is 3.28. The second-order valence-electron chi connectivity index (χ2n) is 2.40. The number of aromatic nitrogens is 1. The molecule has 0 amide bonds. The molecule has 72 valence electrons. The van der Waals surface area contributed by atoms with Crippen LogP contribution in [0.4, 0.5) is 5.69 Å². The Morgan fingerprint density at radius 1 is 1.46 bits per heavy atom. The zero-order valence-electron chi connectivity index (χ0n) is 8.91. The minimum absolute atomic E-state index is 1.02. The molecular weight excluding hydrogens is 160 g/mol. The van der Waals surface area contributed by atoms with Crippen LogP contribution in [-0.4, -0.2) is 12.0 Å². The summed E-state index contributed by atoms with van der Waals surface area (Å²) in [5.74, 6) is 0. The monoisotopic (exact) mass is 178 g/mol. The van der Waals surface area contributed by atoms with Crippen LogP contribution in [0, 0.1) is 6.92 Å². The molecule has 0 aliphatic heterocycles. The van der Waals surface area contributed by atoms with Crippen LogP contribution >= 0.6 is 0 Å². The molecule has 2 nitrogen and oxygen atoms in total. The molecule has 0 N–H and O–H groups in total. The molecule has 1 rings (SSSR count). The molecule has 0 aliphatic rings. The van der Waals surface area contributed by atoms with E-state index in [1.807, 2.05) is 44.9 Å². The van der Waals surface area contributed by atoms with Gasteiger partial charge in [-0.3, -0.25) is 4.98 Å². The average Bonchev–Trinajstić information content (AvgIpc) is 2.20. The Bertz CT molecular complexity index is 256. The highest BCUT2D eigenvalue weighted by Crippen LogP contribution is 2.14. The first-order valence-electron chi connectivity index (χ1n) is 4.52. The number of hydrogen-bond donors (Lipinski definition) is 0. The molecule has 1 aromatic heterocycles. The number of anilines is 1. The van der Waals surface area contributed by atoms with E-state index in [1.165, 1.54) is 0 Å². The summed E-state index contributed by atoms with van der Waals surface area (Å²) >= 11 is 0. The molecule has 0 aromatic carbocycles. The van der Waals surface area contributed by atoms with Gasteiger partial charge >= 0.3 is 0 Å². The molecule has 0 saturated carbocycles. The van der Waals surface area contributed by atoms with E-state index in [2.05, 4.69) is 11.6 Å². The summed E-state index contributed by atoms with van der Waals surface area (Å²) in [4.78, 5) is 6.11. The molecule has 0 bridgehead atoms. The highest BCUT2D eigenvalue weighted by Gasteiger charge is 1.98. The molecule has 0 atom stereocenters. The molecule has 1 aromatic rings. The summed E-state index contributed by atoms with van der Waals surface area (Å²) in [7, 11) is 1.96. The predicted octanol–water partition coefficient (Wildman–Crippen LogP) is 3.00. The molecule has 13 heavy (non-hydrogen) atoms. The van der Waals surface area contributed by atoms with Crippen molar-refractivity contribution in [3.63, 3.8) is 0 Å². The fourth-order valence-electron chi connectivity index (χ4n) is 0.947. The van der Waals surface area contributed by atoms with Gasteiger partial charge in [0.1, 0.15) is 0 Å². The fraction of sp³-hybridized carbons (Fsp3) is 0.364. The van der Waals surface area contributed by atoms with Crippen LogP contribution in [0.3, 0.4) is 0 Å². The van der Waals surface area contributed by atoms with E-state index >= 15 is 0 Å². The van der Waals surface area contributed by atoms with Crippen molar-refractivity contribution < 1.29 is 0 Å². The number of aryl methyl sites for hydroxylation is 1. The first-order valence-corrected chi connectivity index (χ1v) is 4.52. The van der Waals surface area contributed by atoms with Crippen LogP contribution in [-0.2, 0) is 0 Å². The summed E-state index contributed by atoms with van der Waals surface area (Å²) in [6.07, 6.45) is 3.56. The Morgan fingerprint density at radius 3 is 2.54 bits per heavy atom. The molecule has 0 fully saturated rings. The summed E-state index contributed by atoms with van der Waals surface area (Å²) < 4.78 is 0. The third-order valence-corrected chi connectivity index (χ3v) is 1.63. The zero-order chi connectivity index (χ0) is 10.3. The van der Waals surface area contributed by atoms with Gasteiger partial charge in [-0.1, -0.05) is 20.4 Å². The van der Waals surface area contributed by atoms with Crippen molar-refractivity contribution in [1.82, 2.24) is 4.98 Å². The second kappa shape index (κ2) is 6.23. The zero-order valence-corrected chi connectivity index (χ0v) is 8.91. The van der Waals surface area contributed by atoms with E-state index in [4.69, 9.17) is 0 Å². The Kier molecular flexibility index (Phi) is 5.60. The first kappa shape index (κ1) is 11.7. The highest BCUT2D eigenvalue weighted by atomic mass is 15.1. The average molecular weight is 178 g/mol. The standard InChI is InChI=1S/C9H12N2.C2H6/c1-4-11(3)9-6-5-7-10-8(9)2;1-2/h4-7H,1H2,2-3H3;1-2H3. The summed E-state index contributed by atoms with van der Waals surface area (Å²) in [6, 6.07) is 3.94. The molecule has 0 radical (unpaired) electrons. The van der Waals surface area contributed by atoms with Crippen molar-refractivity contribution in [2.24, 2.45) is 0 Å². The Morgan fingerprint density at radius 2 is 2.08 bits per heavy atom. The molecule has 0 saturated heterocycles. The lowest BCUT2D eigenvalue weighted by atomic mass is 10.3. The summed E-state index contributed by atoms with van der Waals surface area (Å²) in [5.41, 5.74) is 2.12. The second-order valence-corrected chi connectivity index (χ2v) is 2.40. The van der Waals surface area contributed by atoms with E-state index in [0.29, 0.717) is 0 Å². The molecule has 0 aliphatic carbocycles. The minimum Gasteiger partial charge on any atom is -0.350 e. The van der Waals surface area contributed by atoms with Crippen molar-refractivity contribution in [3.8, 4) is 0 Å². The van der Waals surface area contributed by atoms with Crippen LogP contribution < -0.4 is 4.90 Å². The van der Waals surface area contributed by atoms with Crippen LogP contribution in [0.2, 0.25) is 0 Å². The summed E-state index contributed by atoms with van der Waals surface area (Å²) in [6.45, 7) is 9.66. The lowest BCUT2D eigenvalue weighted by Crippen LogP contribution is -2.08. The van der Waals surface area contributed by atoms with Crippen molar-refractivity contribution >= 4 is 5.69 Å². The van der Waals surface area contributed by atoms with Crippen LogP contribution in [0.1, 0.15) is 19.5 Å². The van der Waals surface area contributed by atoms with Gasteiger partial charge in [0.25, 0.3) is 0 Å².